The van der Waals surface area contributed by atoms with E-state index in [9.17, 15) is 0 Å². The highest BCUT2D eigenvalue weighted by Gasteiger charge is 2.25. The maximum absolute atomic E-state index is 6.05. The Morgan fingerprint density at radius 2 is 2.03 bits per heavy atom. The van der Waals surface area contributed by atoms with Gasteiger partial charge in [0.15, 0.2) is 11.6 Å². The van der Waals surface area contributed by atoms with Crippen molar-refractivity contribution in [1.29, 1.82) is 0 Å². The molecule has 0 radical (unpaired) electrons. The summed E-state index contributed by atoms with van der Waals surface area (Å²) in [5.41, 5.74) is 3.64. The molecule has 3 heterocycles. The van der Waals surface area contributed by atoms with Crippen molar-refractivity contribution in [2.45, 2.75) is 32.2 Å². The van der Waals surface area contributed by atoms with Crippen LogP contribution in [0.25, 0.3) is 11.3 Å². The van der Waals surface area contributed by atoms with Crippen molar-refractivity contribution in [3.05, 3.63) is 64.6 Å². The summed E-state index contributed by atoms with van der Waals surface area (Å²) < 4.78 is 5.43. The minimum atomic E-state index is 0.407. The van der Waals surface area contributed by atoms with Crippen LogP contribution in [0.2, 0.25) is 5.02 Å². The molecule has 8 nitrogen and oxygen atoms in total. The van der Waals surface area contributed by atoms with Gasteiger partial charge in [-0.05, 0) is 31.9 Å². The van der Waals surface area contributed by atoms with Gasteiger partial charge in [0, 0.05) is 46.1 Å². The van der Waals surface area contributed by atoms with Gasteiger partial charge in [-0.2, -0.15) is 10.1 Å². The van der Waals surface area contributed by atoms with Crippen LogP contribution in [0.4, 0.5) is 17.6 Å². The zero-order chi connectivity index (χ0) is 20.5. The molecule has 9 heteroatoms. The van der Waals surface area contributed by atoms with Crippen molar-refractivity contribution in [3.63, 3.8) is 0 Å². The van der Waals surface area contributed by atoms with Gasteiger partial charge in [-0.25, -0.2) is 4.98 Å². The van der Waals surface area contributed by atoms with Crippen LogP contribution < -0.4 is 10.6 Å². The zero-order valence-corrected chi connectivity index (χ0v) is 17.1. The van der Waals surface area contributed by atoms with E-state index >= 15 is 0 Å². The molecule has 1 fully saturated rings. The maximum atomic E-state index is 6.05. The van der Waals surface area contributed by atoms with Crippen molar-refractivity contribution in [2.24, 2.45) is 0 Å². The second kappa shape index (κ2) is 7.79. The first-order valence-electron chi connectivity index (χ1n) is 9.76. The number of anilines is 3. The summed E-state index contributed by atoms with van der Waals surface area (Å²) in [5.74, 6) is 3.22. The van der Waals surface area contributed by atoms with Crippen molar-refractivity contribution < 1.29 is 4.52 Å². The predicted molar refractivity (Wildman–Crippen MR) is 115 cm³/mol. The Morgan fingerprint density at radius 3 is 2.87 bits per heavy atom. The van der Waals surface area contributed by atoms with E-state index in [0.717, 1.165) is 22.8 Å². The number of rotatable bonds is 7. The number of aromatic nitrogens is 5. The van der Waals surface area contributed by atoms with Gasteiger partial charge in [0.25, 0.3) is 0 Å². The molecule has 30 heavy (non-hydrogen) atoms. The molecule has 1 saturated carbocycles. The Bertz CT molecular complexity index is 1180. The lowest BCUT2D eigenvalue weighted by molar-refractivity contribution is 0.390. The molecule has 0 atom stereocenters. The highest BCUT2D eigenvalue weighted by Crippen LogP contribution is 2.39. The average Bonchev–Trinajstić information content (AvgIpc) is 3.28. The van der Waals surface area contributed by atoms with Gasteiger partial charge in [-0.1, -0.05) is 28.9 Å². The van der Waals surface area contributed by atoms with Crippen molar-refractivity contribution in [3.8, 4) is 11.3 Å². The van der Waals surface area contributed by atoms with Crippen molar-refractivity contribution >= 4 is 29.2 Å². The molecule has 1 aliphatic carbocycles. The van der Waals surface area contributed by atoms with Crippen LogP contribution >= 0.6 is 11.6 Å². The Morgan fingerprint density at radius 1 is 1.13 bits per heavy atom. The van der Waals surface area contributed by atoms with Gasteiger partial charge < -0.3 is 15.2 Å². The number of halogens is 1. The summed E-state index contributed by atoms with van der Waals surface area (Å²) in [4.78, 5) is 8.96. The van der Waals surface area contributed by atoms with Crippen molar-refractivity contribution in [2.75, 3.05) is 10.6 Å². The average molecular weight is 422 g/mol. The third kappa shape index (κ3) is 4.28. The molecule has 0 bridgehead atoms. The Hall–Kier alpha value is -3.39. The highest BCUT2D eigenvalue weighted by molar-refractivity contribution is 6.30. The molecule has 0 saturated heterocycles. The summed E-state index contributed by atoms with van der Waals surface area (Å²) in [7, 11) is 0. The minimum absolute atomic E-state index is 0.407. The Balaban J connectivity index is 1.26. The molecule has 0 unspecified atom stereocenters. The summed E-state index contributed by atoms with van der Waals surface area (Å²) in [5, 5.41) is 18.6. The predicted octanol–water partition coefficient (Wildman–Crippen LogP) is 5.05. The SMILES string of the molecule is Cc1cc(Nc2cc(C3CC3)[nH]n2)nc(NCc2cc(-c3cccc(Cl)c3)no2)n1. The first-order chi connectivity index (χ1) is 14.6. The van der Waals surface area contributed by atoms with Gasteiger partial charge in [-0.3, -0.25) is 5.10 Å². The topological polar surface area (TPSA) is 105 Å². The molecule has 3 aromatic heterocycles. The minimum Gasteiger partial charge on any atom is -0.359 e. The van der Waals surface area contributed by atoms with E-state index in [2.05, 4.69) is 36.0 Å². The molecule has 0 spiro atoms. The smallest absolute Gasteiger partial charge is 0.225 e. The van der Waals surface area contributed by atoms with E-state index in [4.69, 9.17) is 16.1 Å². The third-order valence-electron chi connectivity index (χ3n) is 4.83. The number of nitrogens with zero attached hydrogens (tertiary/aromatic N) is 4. The first-order valence-corrected chi connectivity index (χ1v) is 10.1. The first kappa shape index (κ1) is 18.6. The normalized spacial score (nSPS) is 13.4. The van der Waals surface area contributed by atoms with E-state index in [-0.39, 0.29) is 0 Å². The van der Waals surface area contributed by atoms with E-state index in [0.29, 0.717) is 35.0 Å². The lowest BCUT2D eigenvalue weighted by atomic mass is 10.1. The van der Waals surface area contributed by atoms with Gasteiger partial charge in [0.1, 0.15) is 11.5 Å². The van der Waals surface area contributed by atoms with Gasteiger partial charge in [0.05, 0.1) is 6.54 Å². The fourth-order valence-electron chi connectivity index (χ4n) is 3.19. The van der Waals surface area contributed by atoms with Crippen LogP contribution in [0, 0.1) is 6.92 Å². The van der Waals surface area contributed by atoms with Crippen LogP contribution in [-0.4, -0.2) is 25.3 Å². The zero-order valence-electron chi connectivity index (χ0n) is 16.3. The molecular formula is C21H20ClN7O. The molecule has 0 aliphatic heterocycles. The number of aryl methyl sites for hydroxylation is 1. The molecule has 3 N–H and O–H groups in total. The number of H-pyrrole nitrogens is 1. The molecule has 5 rings (SSSR count). The van der Waals surface area contributed by atoms with E-state index in [1.807, 2.05) is 49.4 Å². The Labute approximate surface area is 178 Å². The third-order valence-corrected chi connectivity index (χ3v) is 5.06. The number of hydrogen-bond donors (Lipinski definition) is 3. The molecule has 4 aromatic rings. The van der Waals surface area contributed by atoms with E-state index < -0.39 is 0 Å². The lowest BCUT2D eigenvalue weighted by Gasteiger charge is -2.07. The maximum Gasteiger partial charge on any atom is 0.225 e. The summed E-state index contributed by atoms with van der Waals surface area (Å²) >= 11 is 6.05. The standard InChI is InChI=1S/C21H20ClN7O/c1-12-7-19(25-20-10-17(27-28-20)13-5-6-13)26-21(24-12)23-11-16-9-18(29-30-16)14-3-2-4-15(22)8-14/h2-4,7-10,13H,5-6,11H2,1H3,(H3,23,24,25,26,27,28). The molecule has 0 amide bonds. The van der Waals surface area contributed by atoms with Gasteiger partial charge in [0.2, 0.25) is 5.95 Å². The number of benzene rings is 1. The monoisotopic (exact) mass is 421 g/mol. The fourth-order valence-corrected chi connectivity index (χ4v) is 3.38. The van der Waals surface area contributed by atoms with Gasteiger partial charge >= 0.3 is 0 Å². The van der Waals surface area contributed by atoms with E-state index in [1.165, 1.54) is 18.5 Å². The summed E-state index contributed by atoms with van der Waals surface area (Å²) in [6.45, 7) is 2.33. The molecule has 1 aromatic carbocycles. The Kier molecular flexibility index (Phi) is 4.84. The van der Waals surface area contributed by atoms with Crippen LogP contribution in [0.15, 0.2) is 47.0 Å². The van der Waals surface area contributed by atoms with Crippen LogP contribution in [0.5, 0.6) is 0 Å². The summed E-state index contributed by atoms with van der Waals surface area (Å²) in [6, 6.07) is 13.3. The second-order valence-corrected chi connectivity index (χ2v) is 7.80. The van der Waals surface area contributed by atoms with Crippen LogP contribution in [0.1, 0.15) is 35.9 Å². The van der Waals surface area contributed by atoms with Crippen LogP contribution in [-0.2, 0) is 6.54 Å². The quantitative estimate of drug-likeness (QED) is 0.383. The molecular weight excluding hydrogens is 402 g/mol. The number of aromatic amines is 1. The number of hydrogen-bond acceptors (Lipinski definition) is 7. The largest absolute Gasteiger partial charge is 0.359 e. The molecule has 1 aliphatic rings. The van der Waals surface area contributed by atoms with Gasteiger partial charge in [-0.15, -0.1) is 0 Å². The number of nitrogens with one attached hydrogen (secondary N) is 3. The lowest BCUT2D eigenvalue weighted by Crippen LogP contribution is -2.06. The summed E-state index contributed by atoms with van der Waals surface area (Å²) in [6.07, 6.45) is 2.45. The molecule has 152 valence electrons. The van der Waals surface area contributed by atoms with E-state index in [1.54, 1.807) is 0 Å². The fraction of sp³-hybridized carbons (Fsp3) is 0.238. The second-order valence-electron chi connectivity index (χ2n) is 7.37. The highest BCUT2D eigenvalue weighted by atomic mass is 35.5. The van der Waals surface area contributed by atoms with Crippen LogP contribution in [0.3, 0.4) is 0 Å². The van der Waals surface area contributed by atoms with Crippen molar-refractivity contribution in [1.82, 2.24) is 25.3 Å².